The lowest BCUT2D eigenvalue weighted by Gasteiger charge is -2.08. The minimum atomic E-state index is -0.100. The molecule has 0 fully saturated rings. The molecule has 0 aromatic heterocycles. The van der Waals surface area contributed by atoms with Crippen LogP contribution in [0, 0.1) is 13.8 Å². The maximum Gasteiger partial charge on any atom is 0.251 e. The zero-order valence-electron chi connectivity index (χ0n) is 10.5. The Morgan fingerprint density at radius 1 is 1.12 bits per heavy atom. The maximum absolute atomic E-state index is 11.8. The molecule has 2 amide bonds. The Morgan fingerprint density at radius 3 is 2.41 bits per heavy atom. The average Bonchev–Trinajstić information content (AvgIpc) is 2.27. The fraction of sp³-hybridized carbons (Fsp3) is 0.385. The first-order valence-electron chi connectivity index (χ1n) is 5.60. The molecule has 0 heterocycles. The standard InChI is InChI=1S/C13H18N2O2/c1-9-4-5-10(2)12(8-9)13(17)15-7-6-14-11(3)16/h4-5,8H,6-7H2,1-3H3,(H,14,16)(H,15,17). The van der Waals surface area contributed by atoms with E-state index in [2.05, 4.69) is 10.6 Å². The number of carbonyl (C=O) groups is 2. The number of carbonyl (C=O) groups excluding carboxylic acids is 2. The van der Waals surface area contributed by atoms with Gasteiger partial charge in [-0.2, -0.15) is 0 Å². The second kappa shape index (κ2) is 6.03. The predicted molar refractivity (Wildman–Crippen MR) is 66.9 cm³/mol. The van der Waals surface area contributed by atoms with Gasteiger partial charge in [0.15, 0.2) is 0 Å². The summed E-state index contributed by atoms with van der Waals surface area (Å²) in [7, 11) is 0. The second-order valence-corrected chi connectivity index (χ2v) is 4.06. The van der Waals surface area contributed by atoms with Crippen LogP contribution >= 0.6 is 0 Å². The van der Waals surface area contributed by atoms with E-state index >= 15 is 0 Å². The average molecular weight is 234 g/mol. The summed E-state index contributed by atoms with van der Waals surface area (Å²) in [5, 5.41) is 5.39. The van der Waals surface area contributed by atoms with Gasteiger partial charge in [0.2, 0.25) is 5.91 Å². The van der Waals surface area contributed by atoms with Gasteiger partial charge in [-0.1, -0.05) is 17.7 Å². The third kappa shape index (κ3) is 4.26. The molecule has 4 nitrogen and oxygen atoms in total. The molecule has 2 N–H and O–H groups in total. The van der Waals surface area contributed by atoms with E-state index in [1.54, 1.807) is 0 Å². The largest absolute Gasteiger partial charge is 0.355 e. The van der Waals surface area contributed by atoms with Crippen molar-refractivity contribution in [3.05, 3.63) is 34.9 Å². The maximum atomic E-state index is 11.8. The Morgan fingerprint density at radius 2 is 1.76 bits per heavy atom. The fourth-order valence-electron chi connectivity index (χ4n) is 1.49. The number of rotatable bonds is 4. The Bertz CT molecular complexity index is 427. The molecular weight excluding hydrogens is 216 g/mol. The minimum Gasteiger partial charge on any atom is -0.355 e. The molecular formula is C13H18N2O2. The van der Waals surface area contributed by atoms with Crippen LogP contribution in [-0.4, -0.2) is 24.9 Å². The zero-order valence-corrected chi connectivity index (χ0v) is 10.5. The molecule has 0 atom stereocenters. The molecule has 0 bridgehead atoms. The lowest BCUT2D eigenvalue weighted by Crippen LogP contribution is -2.33. The van der Waals surface area contributed by atoms with Crippen molar-refractivity contribution in [3.63, 3.8) is 0 Å². The molecule has 1 aromatic carbocycles. The van der Waals surface area contributed by atoms with Crippen LogP contribution in [0.15, 0.2) is 18.2 Å². The van der Waals surface area contributed by atoms with Gasteiger partial charge < -0.3 is 10.6 Å². The fourth-order valence-corrected chi connectivity index (χ4v) is 1.49. The van der Waals surface area contributed by atoms with Gasteiger partial charge in [-0.25, -0.2) is 0 Å². The first-order chi connectivity index (χ1) is 8.00. The van der Waals surface area contributed by atoms with Gasteiger partial charge in [0, 0.05) is 25.6 Å². The van der Waals surface area contributed by atoms with Crippen molar-refractivity contribution in [3.8, 4) is 0 Å². The van der Waals surface area contributed by atoms with E-state index in [1.807, 2.05) is 32.0 Å². The highest BCUT2D eigenvalue weighted by atomic mass is 16.2. The van der Waals surface area contributed by atoms with Gasteiger partial charge in [0.1, 0.15) is 0 Å². The minimum absolute atomic E-state index is 0.0917. The van der Waals surface area contributed by atoms with Crippen molar-refractivity contribution in [1.82, 2.24) is 10.6 Å². The highest BCUT2D eigenvalue weighted by molar-refractivity contribution is 5.95. The van der Waals surface area contributed by atoms with E-state index in [0.717, 1.165) is 11.1 Å². The Balaban J connectivity index is 2.52. The predicted octanol–water partition coefficient (Wildman–Crippen LogP) is 1.17. The summed E-state index contributed by atoms with van der Waals surface area (Å²) in [6, 6.07) is 5.77. The number of benzene rings is 1. The smallest absolute Gasteiger partial charge is 0.251 e. The van der Waals surface area contributed by atoms with Gasteiger partial charge in [-0.15, -0.1) is 0 Å². The summed E-state index contributed by atoms with van der Waals surface area (Å²) in [6.45, 7) is 6.19. The molecule has 0 radical (unpaired) electrons. The van der Waals surface area contributed by atoms with Crippen molar-refractivity contribution in [2.24, 2.45) is 0 Å². The van der Waals surface area contributed by atoms with E-state index in [9.17, 15) is 9.59 Å². The molecule has 0 saturated heterocycles. The normalized spacial score (nSPS) is 9.82. The summed E-state index contributed by atoms with van der Waals surface area (Å²) >= 11 is 0. The number of hydrogen-bond acceptors (Lipinski definition) is 2. The lowest BCUT2D eigenvalue weighted by molar-refractivity contribution is -0.118. The van der Waals surface area contributed by atoms with Crippen LogP contribution in [0.4, 0.5) is 0 Å². The molecule has 4 heteroatoms. The molecule has 0 spiro atoms. The van der Waals surface area contributed by atoms with Crippen molar-refractivity contribution in [2.45, 2.75) is 20.8 Å². The first kappa shape index (κ1) is 13.2. The van der Waals surface area contributed by atoms with Crippen LogP contribution < -0.4 is 10.6 Å². The van der Waals surface area contributed by atoms with Crippen LogP contribution in [0.2, 0.25) is 0 Å². The molecule has 17 heavy (non-hydrogen) atoms. The summed E-state index contributed by atoms with van der Waals surface area (Å²) < 4.78 is 0. The monoisotopic (exact) mass is 234 g/mol. The first-order valence-corrected chi connectivity index (χ1v) is 5.60. The molecule has 92 valence electrons. The van der Waals surface area contributed by atoms with Crippen LogP contribution in [0.5, 0.6) is 0 Å². The number of amides is 2. The van der Waals surface area contributed by atoms with Gasteiger partial charge in [0.25, 0.3) is 5.91 Å². The SMILES string of the molecule is CC(=O)NCCNC(=O)c1cc(C)ccc1C. The summed E-state index contributed by atoms with van der Waals surface area (Å²) in [4.78, 5) is 22.5. The van der Waals surface area contributed by atoms with Crippen molar-refractivity contribution in [1.29, 1.82) is 0 Å². The molecule has 0 aliphatic heterocycles. The number of nitrogens with one attached hydrogen (secondary N) is 2. The van der Waals surface area contributed by atoms with Crippen molar-refractivity contribution in [2.75, 3.05) is 13.1 Å². The van der Waals surface area contributed by atoms with Crippen molar-refractivity contribution < 1.29 is 9.59 Å². The quantitative estimate of drug-likeness (QED) is 0.768. The van der Waals surface area contributed by atoms with Crippen LogP contribution in [0.25, 0.3) is 0 Å². The highest BCUT2D eigenvalue weighted by Gasteiger charge is 2.08. The Hall–Kier alpha value is -1.84. The van der Waals surface area contributed by atoms with Gasteiger partial charge in [-0.05, 0) is 25.5 Å². The van der Waals surface area contributed by atoms with E-state index in [0.29, 0.717) is 18.7 Å². The van der Waals surface area contributed by atoms with E-state index in [-0.39, 0.29) is 11.8 Å². The van der Waals surface area contributed by atoms with Crippen LogP contribution in [-0.2, 0) is 4.79 Å². The van der Waals surface area contributed by atoms with E-state index in [4.69, 9.17) is 0 Å². The highest BCUT2D eigenvalue weighted by Crippen LogP contribution is 2.10. The van der Waals surface area contributed by atoms with Gasteiger partial charge in [-0.3, -0.25) is 9.59 Å². The molecule has 0 saturated carbocycles. The second-order valence-electron chi connectivity index (χ2n) is 4.06. The van der Waals surface area contributed by atoms with Crippen LogP contribution in [0.3, 0.4) is 0 Å². The third-order valence-corrected chi connectivity index (χ3v) is 2.42. The third-order valence-electron chi connectivity index (χ3n) is 2.42. The van der Waals surface area contributed by atoms with E-state index < -0.39 is 0 Å². The summed E-state index contributed by atoms with van der Waals surface area (Å²) in [6.07, 6.45) is 0. The topological polar surface area (TPSA) is 58.2 Å². The van der Waals surface area contributed by atoms with Gasteiger partial charge >= 0.3 is 0 Å². The molecule has 0 unspecified atom stereocenters. The van der Waals surface area contributed by atoms with Gasteiger partial charge in [0.05, 0.1) is 0 Å². The summed E-state index contributed by atoms with van der Waals surface area (Å²) in [5.74, 6) is -0.192. The molecule has 0 aliphatic carbocycles. The number of hydrogen-bond donors (Lipinski definition) is 2. The molecule has 1 aromatic rings. The van der Waals surface area contributed by atoms with Crippen LogP contribution in [0.1, 0.15) is 28.4 Å². The lowest BCUT2D eigenvalue weighted by atomic mass is 10.1. The Labute approximate surface area is 101 Å². The van der Waals surface area contributed by atoms with Crippen molar-refractivity contribution >= 4 is 11.8 Å². The Kier molecular flexibility index (Phi) is 4.69. The molecule has 1 rings (SSSR count). The van der Waals surface area contributed by atoms with E-state index in [1.165, 1.54) is 6.92 Å². The number of aryl methyl sites for hydroxylation is 2. The zero-order chi connectivity index (χ0) is 12.8. The molecule has 0 aliphatic rings. The summed E-state index contributed by atoms with van der Waals surface area (Å²) in [5.41, 5.74) is 2.70.